The minimum Gasteiger partial charge on any atom is -0.350 e. The Hall–Kier alpha value is -2.71. The minimum atomic E-state index is -3.56. The van der Waals surface area contributed by atoms with Crippen LogP contribution in [0.15, 0.2) is 53.4 Å². The predicted molar refractivity (Wildman–Crippen MR) is 112 cm³/mol. The second kappa shape index (κ2) is 9.67. The number of carbonyl (C=O) groups excluding carboxylic acids is 2. The normalized spacial score (nSPS) is 12.4. The van der Waals surface area contributed by atoms with E-state index in [1.807, 2.05) is 26.8 Å². The highest BCUT2D eigenvalue weighted by atomic mass is 32.2. The van der Waals surface area contributed by atoms with Gasteiger partial charge in [-0.25, -0.2) is 13.1 Å². The number of aryl methyl sites for hydroxylation is 1. The molecule has 0 aromatic heterocycles. The first-order chi connectivity index (χ1) is 13.6. The van der Waals surface area contributed by atoms with Gasteiger partial charge in [-0.2, -0.15) is 0 Å². The van der Waals surface area contributed by atoms with Crippen molar-refractivity contribution in [1.29, 1.82) is 0 Å². The van der Waals surface area contributed by atoms with Crippen LogP contribution in [0.25, 0.3) is 0 Å². The lowest BCUT2D eigenvalue weighted by Gasteiger charge is -2.22. The molecular formula is C21H27N3O4S. The largest absolute Gasteiger partial charge is 0.350 e. The highest BCUT2D eigenvalue weighted by Crippen LogP contribution is 2.12. The van der Waals surface area contributed by atoms with Crippen LogP contribution < -0.4 is 15.4 Å². The molecule has 0 fully saturated rings. The van der Waals surface area contributed by atoms with Crippen molar-refractivity contribution in [2.75, 3.05) is 7.05 Å². The summed E-state index contributed by atoms with van der Waals surface area (Å²) in [6.07, 6.45) is 0. The molecule has 0 heterocycles. The smallest absolute Gasteiger partial charge is 0.251 e. The first-order valence-electron chi connectivity index (χ1n) is 9.32. The van der Waals surface area contributed by atoms with Gasteiger partial charge in [0, 0.05) is 12.1 Å². The second-order valence-corrected chi connectivity index (χ2v) is 9.02. The molecule has 1 atom stereocenters. The van der Waals surface area contributed by atoms with Gasteiger partial charge in [0.2, 0.25) is 15.9 Å². The molecule has 2 amide bonds. The number of carbonyl (C=O) groups is 2. The monoisotopic (exact) mass is 417 g/mol. The number of benzene rings is 2. The summed E-state index contributed by atoms with van der Waals surface area (Å²) in [6.45, 7) is 5.74. The highest BCUT2D eigenvalue weighted by molar-refractivity contribution is 7.89. The van der Waals surface area contributed by atoms with Gasteiger partial charge < -0.3 is 10.6 Å². The fraction of sp³-hybridized carbons (Fsp3) is 0.333. The molecule has 156 valence electrons. The molecule has 0 saturated carbocycles. The van der Waals surface area contributed by atoms with E-state index in [2.05, 4.69) is 15.4 Å². The first kappa shape index (κ1) is 22.6. The van der Waals surface area contributed by atoms with Crippen LogP contribution >= 0.6 is 0 Å². The van der Waals surface area contributed by atoms with Gasteiger partial charge in [-0.1, -0.05) is 43.7 Å². The molecule has 29 heavy (non-hydrogen) atoms. The van der Waals surface area contributed by atoms with Crippen molar-refractivity contribution in [1.82, 2.24) is 15.4 Å². The van der Waals surface area contributed by atoms with Crippen molar-refractivity contribution in [2.24, 2.45) is 5.92 Å². The summed E-state index contributed by atoms with van der Waals surface area (Å²) in [7, 11) is -2.22. The van der Waals surface area contributed by atoms with E-state index in [0.29, 0.717) is 11.1 Å². The van der Waals surface area contributed by atoms with Crippen molar-refractivity contribution < 1.29 is 18.0 Å². The average Bonchev–Trinajstić information content (AvgIpc) is 2.70. The maximum absolute atomic E-state index is 12.7. The summed E-state index contributed by atoms with van der Waals surface area (Å²) in [6, 6.07) is 12.8. The number of nitrogens with one attached hydrogen (secondary N) is 3. The molecule has 2 aromatic carbocycles. The molecule has 0 saturated heterocycles. The van der Waals surface area contributed by atoms with E-state index in [-0.39, 0.29) is 29.2 Å². The SMILES string of the molecule is CNS(=O)(=O)c1cccc(CNC(=O)C(NC(=O)c2cccc(C)c2)C(C)C)c1. The van der Waals surface area contributed by atoms with Gasteiger partial charge in [0.15, 0.2) is 0 Å². The Bertz CT molecular complexity index is 987. The first-order valence-corrected chi connectivity index (χ1v) is 10.8. The number of sulfonamides is 1. The Labute approximate surface area is 172 Å². The van der Waals surface area contributed by atoms with Crippen LogP contribution in [0.2, 0.25) is 0 Å². The number of amides is 2. The fourth-order valence-electron chi connectivity index (χ4n) is 2.79. The predicted octanol–water partition coefficient (Wildman–Crippen LogP) is 1.97. The van der Waals surface area contributed by atoms with Crippen molar-refractivity contribution in [2.45, 2.75) is 38.3 Å². The zero-order valence-electron chi connectivity index (χ0n) is 17.0. The molecule has 7 nitrogen and oxygen atoms in total. The van der Waals surface area contributed by atoms with Crippen LogP contribution in [0.3, 0.4) is 0 Å². The van der Waals surface area contributed by atoms with Gasteiger partial charge in [0.1, 0.15) is 6.04 Å². The van der Waals surface area contributed by atoms with E-state index >= 15 is 0 Å². The van der Waals surface area contributed by atoms with Crippen molar-refractivity contribution in [3.8, 4) is 0 Å². The van der Waals surface area contributed by atoms with E-state index in [1.165, 1.54) is 19.2 Å². The molecular weight excluding hydrogens is 390 g/mol. The van der Waals surface area contributed by atoms with E-state index in [9.17, 15) is 18.0 Å². The van der Waals surface area contributed by atoms with Crippen LogP contribution in [-0.4, -0.2) is 33.3 Å². The third-order valence-electron chi connectivity index (χ3n) is 4.46. The molecule has 0 spiro atoms. The molecule has 2 rings (SSSR count). The maximum atomic E-state index is 12.7. The molecule has 0 aliphatic heterocycles. The van der Waals surface area contributed by atoms with E-state index in [1.54, 1.807) is 30.3 Å². The summed E-state index contributed by atoms with van der Waals surface area (Å²) in [5, 5.41) is 5.56. The van der Waals surface area contributed by atoms with Crippen LogP contribution in [-0.2, 0) is 21.4 Å². The summed E-state index contributed by atoms with van der Waals surface area (Å²) in [5.74, 6) is -0.771. The van der Waals surface area contributed by atoms with Gasteiger partial charge in [0.05, 0.1) is 4.90 Å². The Morgan fingerprint density at radius 1 is 1.03 bits per heavy atom. The lowest BCUT2D eigenvalue weighted by molar-refractivity contribution is -0.124. The minimum absolute atomic E-state index is 0.125. The maximum Gasteiger partial charge on any atom is 0.251 e. The van der Waals surface area contributed by atoms with Gasteiger partial charge in [-0.3, -0.25) is 9.59 Å². The number of rotatable bonds is 8. The average molecular weight is 418 g/mol. The van der Waals surface area contributed by atoms with Crippen molar-refractivity contribution in [3.05, 3.63) is 65.2 Å². The standard InChI is InChI=1S/C21H27N3O4S/c1-14(2)19(24-20(25)17-9-5-7-15(3)11-17)21(26)23-13-16-8-6-10-18(12-16)29(27,28)22-4/h5-12,14,19,22H,13H2,1-4H3,(H,23,26)(H,24,25). The quantitative estimate of drug-likeness (QED) is 0.611. The van der Waals surface area contributed by atoms with Gasteiger partial charge >= 0.3 is 0 Å². The van der Waals surface area contributed by atoms with Crippen LogP contribution in [0.1, 0.15) is 35.3 Å². The third kappa shape index (κ3) is 6.13. The molecule has 0 bridgehead atoms. The van der Waals surface area contributed by atoms with Crippen LogP contribution in [0.5, 0.6) is 0 Å². The van der Waals surface area contributed by atoms with Gasteiger partial charge in [-0.15, -0.1) is 0 Å². The fourth-order valence-corrected chi connectivity index (χ4v) is 3.59. The molecule has 2 aromatic rings. The topological polar surface area (TPSA) is 104 Å². The summed E-state index contributed by atoms with van der Waals surface area (Å²) in [4.78, 5) is 25.3. The van der Waals surface area contributed by atoms with Gasteiger partial charge in [-0.05, 0) is 49.7 Å². The Kier molecular flexibility index (Phi) is 7.53. The Morgan fingerprint density at radius 2 is 1.72 bits per heavy atom. The molecule has 8 heteroatoms. The van der Waals surface area contributed by atoms with Gasteiger partial charge in [0.25, 0.3) is 5.91 Å². The van der Waals surface area contributed by atoms with E-state index in [4.69, 9.17) is 0 Å². The lowest BCUT2D eigenvalue weighted by Crippen LogP contribution is -2.49. The van der Waals surface area contributed by atoms with E-state index in [0.717, 1.165) is 5.56 Å². The van der Waals surface area contributed by atoms with Crippen molar-refractivity contribution >= 4 is 21.8 Å². The molecule has 0 radical (unpaired) electrons. The number of hydrogen-bond acceptors (Lipinski definition) is 4. The van der Waals surface area contributed by atoms with Crippen molar-refractivity contribution in [3.63, 3.8) is 0 Å². The molecule has 0 aliphatic rings. The summed E-state index contributed by atoms with van der Waals surface area (Å²) < 4.78 is 26.1. The summed E-state index contributed by atoms with van der Waals surface area (Å²) in [5.41, 5.74) is 2.09. The van der Waals surface area contributed by atoms with Crippen LogP contribution in [0, 0.1) is 12.8 Å². The van der Waals surface area contributed by atoms with E-state index < -0.39 is 16.1 Å². The molecule has 0 aliphatic carbocycles. The molecule has 3 N–H and O–H groups in total. The zero-order chi connectivity index (χ0) is 21.6. The Balaban J connectivity index is 2.07. The zero-order valence-corrected chi connectivity index (χ0v) is 17.8. The molecule has 1 unspecified atom stereocenters. The van der Waals surface area contributed by atoms with Crippen LogP contribution in [0.4, 0.5) is 0 Å². The number of hydrogen-bond donors (Lipinski definition) is 3. The second-order valence-electron chi connectivity index (χ2n) is 7.14. The Morgan fingerprint density at radius 3 is 2.34 bits per heavy atom. The summed E-state index contributed by atoms with van der Waals surface area (Å²) >= 11 is 0. The lowest BCUT2D eigenvalue weighted by atomic mass is 10.0. The third-order valence-corrected chi connectivity index (χ3v) is 5.87. The highest BCUT2D eigenvalue weighted by Gasteiger charge is 2.24.